The molecule has 5 heteroatoms. The lowest BCUT2D eigenvalue weighted by Gasteiger charge is -2.12. The highest BCUT2D eigenvalue weighted by Crippen LogP contribution is 2.17. The average molecular weight is 316 g/mol. The van der Waals surface area contributed by atoms with Crippen molar-refractivity contribution in [3.8, 4) is 5.75 Å². The van der Waals surface area contributed by atoms with Gasteiger partial charge in [0.2, 0.25) is 0 Å². The Bertz CT molecular complexity index is 661. The van der Waals surface area contributed by atoms with Crippen molar-refractivity contribution in [2.45, 2.75) is 6.54 Å². The Morgan fingerprint density at radius 3 is 2.82 bits per heavy atom. The summed E-state index contributed by atoms with van der Waals surface area (Å²) in [5, 5.41) is 6.56. The Kier molecular flexibility index (Phi) is 5.91. The van der Waals surface area contributed by atoms with Crippen LogP contribution < -0.4 is 15.4 Å². The first kappa shape index (κ1) is 16.0. The molecule has 0 atom stereocenters. The quantitative estimate of drug-likeness (QED) is 0.626. The van der Waals surface area contributed by atoms with Crippen LogP contribution in [0.1, 0.15) is 5.56 Å². The van der Waals surface area contributed by atoms with Crippen LogP contribution in [0.25, 0.3) is 0 Å². The zero-order valence-electron chi connectivity index (χ0n) is 12.0. The number of nitrogens with one attached hydrogen (secondary N) is 2. The lowest BCUT2D eigenvalue weighted by Crippen LogP contribution is -2.27. The van der Waals surface area contributed by atoms with Gasteiger partial charge in [-0.05, 0) is 42.0 Å². The summed E-state index contributed by atoms with van der Waals surface area (Å²) in [5.74, 6) is 0.475. The van der Waals surface area contributed by atoms with Gasteiger partial charge in [-0.3, -0.25) is 0 Å². The predicted octanol–water partition coefficient (Wildman–Crippen LogP) is 3.88. The minimum Gasteiger partial charge on any atom is -0.489 e. The summed E-state index contributed by atoms with van der Waals surface area (Å²) in [6.45, 7) is 4.51. The van der Waals surface area contributed by atoms with Crippen molar-refractivity contribution in [1.29, 1.82) is 0 Å². The number of benzene rings is 2. The Morgan fingerprint density at radius 2 is 2.05 bits per heavy atom. The number of halogens is 1. The fraction of sp³-hybridized carbons (Fsp3) is 0.118. The van der Waals surface area contributed by atoms with Crippen LogP contribution in [0.15, 0.2) is 61.2 Å². The molecule has 2 aromatic carbocycles. The van der Waals surface area contributed by atoms with Crippen molar-refractivity contribution in [3.63, 3.8) is 0 Å². The lowest BCUT2D eigenvalue weighted by atomic mass is 10.2. The van der Waals surface area contributed by atoms with Crippen molar-refractivity contribution >= 4 is 23.0 Å². The van der Waals surface area contributed by atoms with Crippen LogP contribution in [0, 0.1) is 5.82 Å². The molecule has 0 heterocycles. The fourth-order valence-corrected chi connectivity index (χ4v) is 2.01. The van der Waals surface area contributed by atoms with Gasteiger partial charge in [0.25, 0.3) is 0 Å². The number of rotatable bonds is 6. The fourth-order valence-electron chi connectivity index (χ4n) is 1.82. The molecule has 114 valence electrons. The van der Waals surface area contributed by atoms with E-state index in [-0.39, 0.29) is 5.82 Å². The molecular weight excluding hydrogens is 299 g/mol. The summed E-state index contributed by atoms with van der Waals surface area (Å²) >= 11 is 5.23. The zero-order chi connectivity index (χ0) is 15.8. The number of anilines is 1. The monoisotopic (exact) mass is 316 g/mol. The van der Waals surface area contributed by atoms with Crippen LogP contribution >= 0.6 is 12.2 Å². The maximum atomic E-state index is 13.1. The smallest absolute Gasteiger partial charge is 0.171 e. The molecule has 2 rings (SSSR count). The molecule has 0 aromatic heterocycles. The largest absolute Gasteiger partial charge is 0.489 e. The van der Waals surface area contributed by atoms with Gasteiger partial charge >= 0.3 is 0 Å². The second-order valence-electron chi connectivity index (χ2n) is 4.57. The molecule has 3 nitrogen and oxygen atoms in total. The summed E-state index contributed by atoms with van der Waals surface area (Å²) in [6.07, 6.45) is 1.69. The van der Waals surface area contributed by atoms with Crippen LogP contribution in [-0.2, 0) is 6.54 Å². The van der Waals surface area contributed by atoms with Crippen molar-refractivity contribution in [3.05, 3.63) is 72.6 Å². The lowest BCUT2D eigenvalue weighted by molar-refractivity contribution is 0.363. The first-order chi connectivity index (χ1) is 10.7. The molecule has 0 unspecified atom stereocenters. The highest BCUT2D eigenvalue weighted by atomic mass is 32.1. The Hall–Kier alpha value is -2.40. The van der Waals surface area contributed by atoms with Gasteiger partial charge in [0.15, 0.2) is 5.11 Å². The Morgan fingerprint density at radius 1 is 1.23 bits per heavy atom. The third-order valence-electron chi connectivity index (χ3n) is 2.80. The summed E-state index contributed by atoms with van der Waals surface area (Å²) < 4.78 is 18.5. The average Bonchev–Trinajstić information content (AvgIpc) is 2.51. The third kappa shape index (κ3) is 5.18. The number of hydrogen-bond acceptors (Lipinski definition) is 2. The molecule has 0 saturated carbocycles. The van der Waals surface area contributed by atoms with E-state index in [1.807, 2.05) is 30.3 Å². The van der Waals surface area contributed by atoms with E-state index in [2.05, 4.69) is 17.2 Å². The number of thiocarbonyl (C=S) groups is 1. The van der Waals surface area contributed by atoms with E-state index >= 15 is 0 Å². The molecule has 0 saturated heterocycles. The summed E-state index contributed by atoms with van der Waals surface area (Å²) in [7, 11) is 0. The van der Waals surface area contributed by atoms with Crippen LogP contribution in [0.3, 0.4) is 0 Å². The Balaban J connectivity index is 1.87. The first-order valence-electron chi connectivity index (χ1n) is 6.80. The summed E-state index contributed by atoms with van der Waals surface area (Å²) in [6, 6.07) is 13.9. The van der Waals surface area contributed by atoms with E-state index in [0.29, 0.717) is 18.3 Å². The molecule has 0 amide bonds. The van der Waals surface area contributed by atoms with Gasteiger partial charge < -0.3 is 15.4 Å². The van der Waals surface area contributed by atoms with E-state index < -0.39 is 0 Å². The minimum atomic E-state index is -0.259. The molecule has 0 bridgehead atoms. The highest BCUT2D eigenvalue weighted by molar-refractivity contribution is 7.80. The van der Waals surface area contributed by atoms with Crippen LogP contribution in [-0.4, -0.2) is 11.7 Å². The second kappa shape index (κ2) is 8.14. The van der Waals surface area contributed by atoms with Crippen molar-refractivity contribution < 1.29 is 9.13 Å². The van der Waals surface area contributed by atoms with Crippen LogP contribution in [0.2, 0.25) is 0 Å². The molecule has 2 aromatic rings. The molecule has 0 radical (unpaired) electrons. The highest BCUT2D eigenvalue weighted by Gasteiger charge is 2.01. The van der Waals surface area contributed by atoms with E-state index in [4.69, 9.17) is 17.0 Å². The van der Waals surface area contributed by atoms with Gasteiger partial charge in [0.1, 0.15) is 18.2 Å². The van der Waals surface area contributed by atoms with Crippen molar-refractivity contribution in [2.24, 2.45) is 0 Å². The van der Waals surface area contributed by atoms with Gasteiger partial charge in [-0.15, -0.1) is 0 Å². The van der Waals surface area contributed by atoms with Crippen LogP contribution in [0.4, 0.5) is 10.1 Å². The topological polar surface area (TPSA) is 33.3 Å². The number of ether oxygens (including phenoxy) is 1. The first-order valence-corrected chi connectivity index (χ1v) is 7.21. The van der Waals surface area contributed by atoms with Crippen LogP contribution in [0.5, 0.6) is 5.75 Å². The van der Waals surface area contributed by atoms with Gasteiger partial charge in [-0.25, -0.2) is 4.39 Å². The van der Waals surface area contributed by atoms with Crippen molar-refractivity contribution in [1.82, 2.24) is 5.32 Å². The maximum Gasteiger partial charge on any atom is 0.171 e. The molecule has 22 heavy (non-hydrogen) atoms. The third-order valence-corrected chi connectivity index (χ3v) is 3.05. The van der Waals surface area contributed by atoms with Gasteiger partial charge in [0.05, 0.1) is 0 Å². The van der Waals surface area contributed by atoms with E-state index in [1.54, 1.807) is 12.1 Å². The zero-order valence-corrected chi connectivity index (χ0v) is 12.8. The van der Waals surface area contributed by atoms with Crippen molar-refractivity contribution in [2.75, 3.05) is 11.9 Å². The molecule has 0 fully saturated rings. The van der Waals surface area contributed by atoms with E-state index in [9.17, 15) is 4.39 Å². The summed E-state index contributed by atoms with van der Waals surface area (Å²) in [5.41, 5.74) is 1.64. The van der Waals surface area contributed by atoms with E-state index in [1.165, 1.54) is 12.1 Å². The minimum absolute atomic E-state index is 0.259. The molecule has 2 N–H and O–H groups in total. The molecule has 0 aliphatic rings. The molecule has 0 aliphatic heterocycles. The van der Waals surface area contributed by atoms with Gasteiger partial charge in [0, 0.05) is 18.3 Å². The predicted molar refractivity (Wildman–Crippen MR) is 91.6 cm³/mol. The molecule has 0 aliphatic carbocycles. The number of hydrogen-bond donors (Lipinski definition) is 2. The van der Waals surface area contributed by atoms with Gasteiger partial charge in [-0.1, -0.05) is 30.9 Å². The SMILES string of the molecule is C=CCOc1cccc(NC(=S)NCc2cccc(F)c2)c1. The maximum absolute atomic E-state index is 13.1. The molecule has 0 spiro atoms. The van der Waals surface area contributed by atoms with Gasteiger partial charge in [-0.2, -0.15) is 0 Å². The van der Waals surface area contributed by atoms with E-state index in [0.717, 1.165) is 17.0 Å². The normalized spacial score (nSPS) is 9.86. The Labute approximate surface area is 134 Å². The standard InChI is InChI=1S/C17H17FN2OS/c1-2-9-21-16-8-4-7-15(11-16)20-17(22)19-12-13-5-3-6-14(18)10-13/h2-8,10-11H,1,9,12H2,(H2,19,20,22). The summed E-state index contributed by atoms with van der Waals surface area (Å²) in [4.78, 5) is 0. The second-order valence-corrected chi connectivity index (χ2v) is 4.97. The molecular formula is C17H17FN2OS.